The van der Waals surface area contributed by atoms with E-state index in [-0.39, 0.29) is 6.61 Å². The molecule has 0 bridgehead atoms. The second-order valence-corrected chi connectivity index (χ2v) is 6.48. The summed E-state index contributed by atoms with van der Waals surface area (Å²) in [4.78, 5) is 45.7. The Balaban J connectivity index is 2.02. The number of hydrogen-bond donors (Lipinski definition) is 1. The predicted molar refractivity (Wildman–Crippen MR) is 94.4 cm³/mol. The number of ether oxygens (including phenoxy) is 4. The van der Waals surface area contributed by atoms with Gasteiger partial charge in [-0.25, -0.2) is 9.97 Å². The Morgan fingerprint density at radius 3 is 2.46 bits per heavy atom. The van der Waals surface area contributed by atoms with E-state index in [0.29, 0.717) is 15.8 Å². The third-order valence-electron chi connectivity index (χ3n) is 3.98. The van der Waals surface area contributed by atoms with Gasteiger partial charge < -0.3 is 23.9 Å². The maximum absolute atomic E-state index is 11.7. The molecule has 0 amide bonds. The number of carbonyl (C=O) groups is 3. The molecule has 0 aromatic carbocycles. The summed E-state index contributed by atoms with van der Waals surface area (Å²) in [5.74, 6) is -1.73. The Labute approximate surface area is 163 Å². The first-order chi connectivity index (χ1) is 13.3. The summed E-state index contributed by atoms with van der Waals surface area (Å²) in [6, 6.07) is 0. The minimum atomic E-state index is -1.01. The van der Waals surface area contributed by atoms with Crippen molar-refractivity contribution >= 4 is 41.3 Å². The zero-order valence-corrected chi connectivity index (χ0v) is 16.1. The number of nitrogens with one attached hydrogen (secondary N) is 1. The zero-order chi connectivity index (χ0) is 20.4. The molecule has 2 aromatic heterocycles. The summed E-state index contributed by atoms with van der Waals surface area (Å²) >= 11 is 5.19. The van der Waals surface area contributed by atoms with E-state index in [2.05, 4.69) is 15.0 Å². The molecule has 0 aliphatic carbocycles. The molecule has 1 N–H and O–H groups in total. The Morgan fingerprint density at radius 2 is 1.82 bits per heavy atom. The summed E-state index contributed by atoms with van der Waals surface area (Å²) in [7, 11) is 0. The minimum Gasteiger partial charge on any atom is -0.463 e. The van der Waals surface area contributed by atoms with E-state index >= 15 is 0 Å². The van der Waals surface area contributed by atoms with Gasteiger partial charge in [0.15, 0.2) is 24.1 Å². The molecule has 1 saturated heterocycles. The lowest BCUT2D eigenvalue weighted by molar-refractivity contribution is -0.166. The fraction of sp³-hybridized carbons (Fsp3) is 0.500. The van der Waals surface area contributed by atoms with Crippen molar-refractivity contribution in [1.29, 1.82) is 0 Å². The van der Waals surface area contributed by atoms with E-state index in [9.17, 15) is 14.4 Å². The van der Waals surface area contributed by atoms with Crippen molar-refractivity contribution in [3.63, 3.8) is 0 Å². The second-order valence-electron chi connectivity index (χ2n) is 6.07. The lowest BCUT2D eigenvalue weighted by Gasteiger charge is -2.23. The van der Waals surface area contributed by atoms with Crippen LogP contribution in [0.2, 0.25) is 0 Å². The number of nitrogens with zero attached hydrogens (tertiary/aromatic N) is 3. The SMILES string of the molecule is CC(=O)OC[C@H]1O[C@@H](n2cnc3c(=S)[nH]cnc32)[C@H](OC(C)=O)[C@@H]1OC(C)=O. The Bertz CT molecular complexity index is 971. The molecule has 0 spiro atoms. The van der Waals surface area contributed by atoms with Gasteiger partial charge in [-0.1, -0.05) is 12.2 Å². The number of fused-ring (bicyclic) bond motifs is 1. The predicted octanol–water partition coefficient (Wildman–Crippen LogP) is 0.813. The van der Waals surface area contributed by atoms with Crippen LogP contribution in [-0.2, 0) is 33.3 Å². The van der Waals surface area contributed by atoms with Crippen LogP contribution in [0.3, 0.4) is 0 Å². The molecule has 28 heavy (non-hydrogen) atoms. The van der Waals surface area contributed by atoms with Gasteiger partial charge in [0.25, 0.3) is 0 Å². The van der Waals surface area contributed by atoms with Crippen molar-refractivity contribution in [3.05, 3.63) is 17.3 Å². The molecule has 1 aliphatic rings. The number of hydrogen-bond acceptors (Lipinski definition) is 10. The molecule has 2 aromatic rings. The third kappa shape index (κ3) is 4.02. The van der Waals surface area contributed by atoms with Crippen molar-refractivity contribution < 1.29 is 33.3 Å². The average Bonchev–Trinajstić information content (AvgIpc) is 3.16. The van der Waals surface area contributed by atoms with Crippen LogP contribution in [0.1, 0.15) is 27.0 Å². The van der Waals surface area contributed by atoms with E-state index in [1.165, 1.54) is 38.0 Å². The highest BCUT2D eigenvalue weighted by Gasteiger charge is 2.51. The van der Waals surface area contributed by atoms with Gasteiger partial charge >= 0.3 is 17.9 Å². The Kier molecular flexibility index (Phi) is 5.70. The summed E-state index contributed by atoms with van der Waals surface area (Å²) in [5, 5.41) is 0. The quantitative estimate of drug-likeness (QED) is 0.428. The monoisotopic (exact) mass is 410 g/mol. The van der Waals surface area contributed by atoms with Gasteiger partial charge in [0.2, 0.25) is 0 Å². The van der Waals surface area contributed by atoms with Gasteiger partial charge in [0.1, 0.15) is 22.9 Å². The molecule has 4 atom stereocenters. The largest absolute Gasteiger partial charge is 0.463 e. The highest BCUT2D eigenvalue weighted by Crippen LogP contribution is 2.35. The average molecular weight is 410 g/mol. The molecule has 1 fully saturated rings. The van der Waals surface area contributed by atoms with Crippen LogP contribution in [0, 0.1) is 4.64 Å². The highest BCUT2D eigenvalue weighted by molar-refractivity contribution is 7.71. The van der Waals surface area contributed by atoms with Crippen LogP contribution in [-0.4, -0.2) is 62.3 Å². The maximum atomic E-state index is 11.7. The molecule has 150 valence electrons. The summed E-state index contributed by atoms with van der Waals surface area (Å²) < 4.78 is 23.5. The van der Waals surface area contributed by atoms with Crippen molar-refractivity contribution in [2.45, 2.75) is 45.3 Å². The number of esters is 3. The lowest BCUT2D eigenvalue weighted by atomic mass is 10.1. The molecule has 3 heterocycles. The number of rotatable bonds is 5. The van der Waals surface area contributed by atoms with E-state index in [1.807, 2.05) is 0 Å². The Hall–Kier alpha value is -2.86. The Morgan fingerprint density at radius 1 is 1.14 bits per heavy atom. The molecule has 11 nitrogen and oxygen atoms in total. The van der Waals surface area contributed by atoms with Crippen LogP contribution in [0.15, 0.2) is 12.7 Å². The fourth-order valence-corrected chi connectivity index (χ4v) is 3.16. The fourth-order valence-electron chi connectivity index (χ4n) is 2.97. The molecule has 1 aliphatic heterocycles. The number of imidazole rings is 1. The topological polar surface area (TPSA) is 135 Å². The van der Waals surface area contributed by atoms with Crippen molar-refractivity contribution in [3.8, 4) is 0 Å². The van der Waals surface area contributed by atoms with Crippen LogP contribution in [0.5, 0.6) is 0 Å². The number of carbonyl (C=O) groups excluding carboxylic acids is 3. The highest BCUT2D eigenvalue weighted by atomic mass is 32.1. The van der Waals surface area contributed by atoms with Crippen molar-refractivity contribution in [2.75, 3.05) is 6.61 Å². The van der Waals surface area contributed by atoms with Crippen molar-refractivity contribution in [1.82, 2.24) is 19.5 Å². The maximum Gasteiger partial charge on any atom is 0.303 e. The smallest absolute Gasteiger partial charge is 0.303 e. The van der Waals surface area contributed by atoms with Gasteiger partial charge in [0.05, 0.1) is 12.7 Å². The van der Waals surface area contributed by atoms with Crippen LogP contribution >= 0.6 is 12.2 Å². The molecule has 0 unspecified atom stereocenters. The van der Waals surface area contributed by atoms with Gasteiger partial charge in [-0.3, -0.25) is 19.0 Å². The number of aromatic amines is 1. The van der Waals surface area contributed by atoms with Crippen LogP contribution < -0.4 is 0 Å². The van der Waals surface area contributed by atoms with Gasteiger partial charge in [-0.05, 0) is 0 Å². The molecule has 12 heteroatoms. The molecular weight excluding hydrogens is 392 g/mol. The first-order valence-corrected chi connectivity index (χ1v) is 8.72. The number of aromatic nitrogens is 4. The summed E-state index contributed by atoms with van der Waals surface area (Å²) in [6.07, 6.45) is -0.971. The van der Waals surface area contributed by atoms with Crippen LogP contribution in [0.25, 0.3) is 11.2 Å². The van der Waals surface area contributed by atoms with Gasteiger partial charge in [-0.2, -0.15) is 0 Å². The van der Waals surface area contributed by atoms with E-state index in [0.717, 1.165) is 0 Å². The second kappa shape index (κ2) is 8.02. The molecule has 0 radical (unpaired) electrons. The zero-order valence-electron chi connectivity index (χ0n) is 15.3. The summed E-state index contributed by atoms with van der Waals surface area (Å²) in [5.41, 5.74) is 0.816. The van der Waals surface area contributed by atoms with E-state index < -0.39 is 42.4 Å². The van der Waals surface area contributed by atoms with E-state index in [1.54, 1.807) is 0 Å². The first-order valence-electron chi connectivity index (χ1n) is 8.31. The first kappa shape index (κ1) is 19.9. The van der Waals surface area contributed by atoms with Crippen molar-refractivity contribution in [2.24, 2.45) is 0 Å². The summed E-state index contributed by atoms with van der Waals surface area (Å²) in [6.45, 7) is 3.49. The van der Waals surface area contributed by atoms with Gasteiger partial charge in [0, 0.05) is 20.8 Å². The standard InChI is InChI=1S/C16H18N4O7S/c1-7(21)24-4-10-12(25-8(2)22)13(26-9(3)23)16(27-10)20-6-19-11-14(20)17-5-18-15(11)28/h5-6,10,12-13,16H,4H2,1-3H3,(H,17,18,28)/t10-,12-,13-,16-/m1/s1. The third-order valence-corrected chi connectivity index (χ3v) is 4.29. The minimum absolute atomic E-state index is 0.193. The van der Waals surface area contributed by atoms with Gasteiger partial charge in [-0.15, -0.1) is 0 Å². The molecule has 0 saturated carbocycles. The molecule has 3 rings (SSSR count). The molecular formula is C16H18N4O7S. The lowest BCUT2D eigenvalue weighted by Crippen LogP contribution is -2.40. The normalized spacial score (nSPS) is 24.1. The van der Waals surface area contributed by atoms with Crippen LogP contribution in [0.4, 0.5) is 0 Å². The van der Waals surface area contributed by atoms with E-state index in [4.69, 9.17) is 31.2 Å². The number of H-pyrrole nitrogens is 1.